The highest BCUT2D eigenvalue weighted by atomic mass is 32.1. The van der Waals surface area contributed by atoms with Crippen molar-refractivity contribution in [2.45, 2.75) is 27.3 Å². The molecule has 5 nitrogen and oxygen atoms in total. The van der Waals surface area contributed by atoms with Gasteiger partial charge in [0.2, 0.25) is 0 Å². The number of nitrogens with zero attached hydrogens (tertiary/aromatic N) is 4. The highest BCUT2D eigenvalue weighted by molar-refractivity contribution is 7.09. The van der Waals surface area contributed by atoms with Gasteiger partial charge >= 0.3 is 0 Å². The molecule has 0 bridgehead atoms. The molecule has 0 spiro atoms. The predicted octanol–water partition coefficient (Wildman–Crippen LogP) is 4.74. The van der Waals surface area contributed by atoms with E-state index in [0.29, 0.717) is 12.1 Å². The zero-order chi connectivity index (χ0) is 19.8. The molecule has 0 aliphatic rings. The van der Waals surface area contributed by atoms with E-state index in [1.54, 1.807) is 22.4 Å². The molecule has 0 radical (unpaired) electrons. The number of fused-ring (bicyclic) bond motifs is 1. The molecule has 28 heavy (non-hydrogen) atoms. The normalized spacial score (nSPS) is 11.1. The summed E-state index contributed by atoms with van der Waals surface area (Å²) in [6.45, 7) is 6.64. The number of hydrogen-bond donors (Lipinski definition) is 0. The van der Waals surface area contributed by atoms with E-state index in [9.17, 15) is 4.79 Å². The van der Waals surface area contributed by atoms with E-state index in [0.717, 1.165) is 28.0 Å². The van der Waals surface area contributed by atoms with Crippen LogP contribution in [0.15, 0.2) is 48.0 Å². The van der Waals surface area contributed by atoms with Crippen LogP contribution in [0.3, 0.4) is 0 Å². The van der Waals surface area contributed by atoms with Crippen LogP contribution in [0.1, 0.15) is 32.1 Å². The lowest BCUT2D eigenvalue weighted by Gasteiger charge is -2.20. The van der Waals surface area contributed by atoms with Crippen molar-refractivity contribution in [3.63, 3.8) is 0 Å². The van der Waals surface area contributed by atoms with Gasteiger partial charge in [-0.15, -0.1) is 11.3 Å². The predicted molar refractivity (Wildman–Crippen MR) is 114 cm³/mol. The second kappa shape index (κ2) is 7.20. The summed E-state index contributed by atoms with van der Waals surface area (Å²) in [5.74, 6) is -0.0573. The van der Waals surface area contributed by atoms with Gasteiger partial charge in [0.1, 0.15) is 0 Å². The second-order valence-electron chi connectivity index (χ2n) is 7.08. The van der Waals surface area contributed by atoms with E-state index in [1.807, 2.05) is 55.2 Å². The fourth-order valence-corrected chi connectivity index (χ4v) is 4.17. The van der Waals surface area contributed by atoms with Crippen LogP contribution in [-0.2, 0) is 6.54 Å². The molecule has 4 rings (SSSR count). The minimum atomic E-state index is -0.0573. The van der Waals surface area contributed by atoms with E-state index in [2.05, 4.69) is 29.1 Å². The Morgan fingerprint density at radius 2 is 2.00 bits per heavy atom. The van der Waals surface area contributed by atoms with Crippen LogP contribution in [-0.4, -0.2) is 27.7 Å². The summed E-state index contributed by atoms with van der Waals surface area (Å²) in [5, 5.41) is 7.34. The van der Waals surface area contributed by atoms with Gasteiger partial charge in [0.25, 0.3) is 5.91 Å². The SMILES string of the molecule is Cc1ccc(N(C)C(=O)c2cc(C)nc3c2cnn3Cc2cccs2)c(C)c1. The van der Waals surface area contributed by atoms with Crippen molar-refractivity contribution >= 4 is 34.0 Å². The van der Waals surface area contributed by atoms with Gasteiger partial charge in [-0.1, -0.05) is 23.8 Å². The molecule has 3 aromatic heterocycles. The Balaban J connectivity index is 1.75. The second-order valence-corrected chi connectivity index (χ2v) is 8.12. The highest BCUT2D eigenvalue weighted by Gasteiger charge is 2.21. The van der Waals surface area contributed by atoms with E-state index >= 15 is 0 Å². The summed E-state index contributed by atoms with van der Waals surface area (Å²) in [6.07, 6.45) is 1.75. The Morgan fingerprint density at radius 1 is 1.18 bits per heavy atom. The molecular weight excluding hydrogens is 368 g/mol. The molecule has 4 aromatic rings. The van der Waals surface area contributed by atoms with Crippen LogP contribution in [0.4, 0.5) is 5.69 Å². The number of rotatable bonds is 4. The molecule has 6 heteroatoms. The topological polar surface area (TPSA) is 51.0 Å². The third-order valence-electron chi connectivity index (χ3n) is 4.87. The van der Waals surface area contributed by atoms with Crippen molar-refractivity contribution in [3.05, 3.63) is 75.2 Å². The van der Waals surface area contributed by atoms with Crippen molar-refractivity contribution in [3.8, 4) is 0 Å². The number of aryl methyl sites for hydroxylation is 3. The quantitative estimate of drug-likeness (QED) is 0.506. The van der Waals surface area contributed by atoms with Crippen molar-refractivity contribution in [1.29, 1.82) is 0 Å². The monoisotopic (exact) mass is 390 g/mol. The first-order valence-corrected chi connectivity index (χ1v) is 10.0. The molecule has 142 valence electrons. The lowest BCUT2D eigenvalue weighted by Crippen LogP contribution is -2.27. The summed E-state index contributed by atoms with van der Waals surface area (Å²) in [7, 11) is 1.82. The van der Waals surface area contributed by atoms with Crippen LogP contribution in [0.2, 0.25) is 0 Å². The minimum absolute atomic E-state index is 0.0573. The molecule has 0 N–H and O–H groups in total. The minimum Gasteiger partial charge on any atom is -0.311 e. The maximum Gasteiger partial charge on any atom is 0.258 e. The Bertz CT molecular complexity index is 1160. The number of carbonyl (C=O) groups is 1. The van der Waals surface area contributed by atoms with Crippen LogP contribution in [0.5, 0.6) is 0 Å². The van der Waals surface area contributed by atoms with Gasteiger partial charge in [-0.25, -0.2) is 9.67 Å². The van der Waals surface area contributed by atoms with Crippen molar-refractivity contribution in [2.75, 3.05) is 11.9 Å². The van der Waals surface area contributed by atoms with Gasteiger partial charge in [-0.2, -0.15) is 5.10 Å². The standard InChI is InChI=1S/C22H22N4OS/c1-14-7-8-20(15(2)10-14)25(4)22(27)18-11-16(3)24-21-19(18)12-23-26(21)13-17-6-5-9-28-17/h5-12H,13H2,1-4H3. The summed E-state index contributed by atoms with van der Waals surface area (Å²) >= 11 is 1.69. The summed E-state index contributed by atoms with van der Waals surface area (Å²) in [5.41, 5.74) is 5.33. The van der Waals surface area contributed by atoms with E-state index in [4.69, 9.17) is 0 Å². The highest BCUT2D eigenvalue weighted by Crippen LogP contribution is 2.25. The van der Waals surface area contributed by atoms with Crippen LogP contribution >= 0.6 is 11.3 Å². The lowest BCUT2D eigenvalue weighted by atomic mass is 10.1. The van der Waals surface area contributed by atoms with Crippen LogP contribution in [0.25, 0.3) is 11.0 Å². The Kier molecular flexibility index (Phi) is 4.73. The van der Waals surface area contributed by atoms with Gasteiger partial charge in [0, 0.05) is 23.3 Å². The molecule has 0 saturated heterocycles. The zero-order valence-corrected chi connectivity index (χ0v) is 17.2. The first-order valence-electron chi connectivity index (χ1n) is 9.15. The number of pyridine rings is 1. The molecule has 0 fully saturated rings. The number of amides is 1. The number of carbonyl (C=O) groups excluding carboxylic acids is 1. The fraction of sp³-hybridized carbons (Fsp3) is 0.227. The lowest BCUT2D eigenvalue weighted by molar-refractivity contribution is 0.0994. The van der Waals surface area contributed by atoms with Crippen molar-refractivity contribution in [2.24, 2.45) is 0 Å². The van der Waals surface area contributed by atoms with Gasteiger partial charge in [-0.3, -0.25) is 4.79 Å². The number of thiophene rings is 1. The molecule has 1 amide bonds. The van der Waals surface area contributed by atoms with Gasteiger partial charge < -0.3 is 4.90 Å². The smallest absolute Gasteiger partial charge is 0.258 e. The molecule has 0 atom stereocenters. The molecule has 0 saturated carbocycles. The summed E-state index contributed by atoms with van der Waals surface area (Å²) in [6, 6.07) is 12.1. The Morgan fingerprint density at radius 3 is 2.71 bits per heavy atom. The summed E-state index contributed by atoms with van der Waals surface area (Å²) < 4.78 is 1.86. The van der Waals surface area contributed by atoms with E-state index < -0.39 is 0 Å². The maximum atomic E-state index is 13.3. The zero-order valence-electron chi connectivity index (χ0n) is 16.4. The first-order chi connectivity index (χ1) is 13.4. The van der Waals surface area contributed by atoms with Gasteiger partial charge in [0.05, 0.1) is 23.7 Å². The van der Waals surface area contributed by atoms with Crippen LogP contribution < -0.4 is 4.90 Å². The molecule has 0 unspecified atom stereocenters. The number of anilines is 1. The largest absolute Gasteiger partial charge is 0.311 e. The average molecular weight is 391 g/mol. The molecule has 0 aliphatic carbocycles. The molecule has 3 heterocycles. The van der Waals surface area contributed by atoms with Crippen molar-refractivity contribution in [1.82, 2.24) is 14.8 Å². The number of benzene rings is 1. The fourth-order valence-electron chi connectivity index (χ4n) is 3.49. The van der Waals surface area contributed by atoms with Gasteiger partial charge in [0.15, 0.2) is 5.65 Å². The van der Waals surface area contributed by atoms with E-state index in [-0.39, 0.29) is 5.91 Å². The first kappa shape index (κ1) is 18.4. The molecule has 1 aromatic carbocycles. The van der Waals surface area contributed by atoms with Gasteiger partial charge in [-0.05, 0) is 49.9 Å². The third-order valence-corrected chi connectivity index (χ3v) is 5.73. The molecular formula is C22H22N4OS. The van der Waals surface area contributed by atoms with E-state index in [1.165, 1.54) is 10.4 Å². The summed E-state index contributed by atoms with van der Waals surface area (Å²) in [4.78, 5) is 20.9. The third kappa shape index (κ3) is 3.31. The molecule has 0 aliphatic heterocycles. The Hall–Kier alpha value is -2.99. The van der Waals surface area contributed by atoms with Crippen LogP contribution in [0, 0.1) is 20.8 Å². The Labute approximate surface area is 168 Å². The van der Waals surface area contributed by atoms with Crippen molar-refractivity contribution < 1.29 is 4.79 Å². The average Bonchev–Trinajstić information content (AvgIpc) is 3.31. The number of hydrogen-bond acceptors (Lipinski definition) is 4. The maximum absolute atomic E-state index is 13.3. The number of aromatic nitrogens is 3.